The number of ether oxygens (including phenoxy) is 1. The van der Waals surface area contributed by atoms with Crippen molar-refractivity contribution in [1.29, 1.82) is 0 Å². The molecule has 0 atom stereocenters. The Morgan fingerprint density at radius 1 is 1.47 bits per heavy atom. The highest BCUT2D eigenvalue weighted by atomic mass is 79.9. The maximum absolute atomic E-state index is 12.5. The molecule has 19 heavy (non-hydrogen) atoms. The molecule has 0 spiro atoms. The summed E-state index contributed by atoms with van der Waals surface area (Å²) >= 11 is 3.37. The molecule has 4 nitrogen and oxygen atoms in total. The van der Waals surface area contributed by atoms with E-state index in [1.165, 1.54) is 0 Å². The van der Waals surface area contributed by atoms with Crippen molar-refractivity contribution in [2.24, 2.45) is 5.92 Å². The second kappa shape index (κ2) is 7.50. The SMILES string of the molecule is COCCN(CC(C)C)C(=O)c1cc(Br)ccc1N. The lowest BCUT2D eigenvalue weighted by molar-refractivity contribution is 0.0673. The summed E-state index contributed by atoms with van der Waals surface area (Å²) in [5.41, 5.74) is 6.92. The molecule has 1 rings (SSSR count). The first kappa shape index (κ1) is 16.0. The van der Waals surface area contributed by atoms with Gasteiger partial charge in [0.1, 0.15) is 0 Å². The number of hydrogen-bond donors (Lipinski definition) is 1. The van der Waals surface area contributed by atoms with E-state index in [1.54, 1.807) is 24.1 Å². The number of amides is 1. The smallest absolute Gasteiger partial charge is 0.256 e. The van der Waals surface area contributed by atoms with Gasteiger partial charge in [0.05, 0.1) is 12.2 Å². The first-order valence-corrected chi connectivity index (χ1v) is 7.08. The van der Waals surface area contributed by atoms with Crippen LogP contribution in [-0.2, 0) is 4.74 Å². The predicted octanol–water partition coefficient (Wildman–Crippen LogP) is 2.78. The van der Waals surface area contributed by atoms with Gasteiger partial charge in [-0.3, -0.25) is 4.79 Å². The molecule has 106 valence electrons. The van der Waals surface area contributed by atoms with Gasteiger partial charge in [-0.25, -0.2) is 0 Å². The molecule has 1 amide bonds. The standard InChI is InChI=1S/C14H21BrN2O2/c1-10(2)9-17(6-7-19-3)14(18)12-8-11(15)4-5-13(12)16/h4-5,8,10H,6-7,9,16H2,1-3H3. The van der Waals surface area contributed by atoms with E-state index in [2.05, 4.69) is 29.8 Å². The number of nitrogen functional groups attached to an aromatic ring is 1. The molecule has 0 aliphatic carbocycles. The normalized spacial score (nSPS) is 10.8. The van der Waals surface area contributed by atoms with Crippen molar-refractivity contribution in [2.45, 2.75) is 13.8 Å². The first-order valence-electron chi connectivity index (χ1n) is 6.29. The summed E-state index contributed by atoms with van der Waals surface area (Å²) in [6.45, 7) is 5.94. The number of methoxy groups -OCH3 is 1. The van der Waals surface area contributed by atoms with Gasteiger partial charge in [0.25, 0.3) is 5.91 Å². The summed E-state index contributed by atoms with van der Waals surface area (Å²) in [5.74, 6) is 0.346. The Hall–Kier alpha value is -1.07. The quantitative estimate of drug-likeness (QED) is 0.817. The van der Waals surface area contributed by atoms with Crippen LogP contribution in [0.15, 0.2) is 22.7 Å². The highest BCUT2D eigenvalue weighted by Gasteiger charge is 2.19. The predicted molar refractivity (Wildman–Crippen MR) is 81.2 cm³/mol. The van der Waals surface area contributed by atoms with Crippen LogP contribution in [-0.4, -0.2) is 37.6 Å². The average Bonchev–Trinajstić information content (AvgIpc) is 2.36. The molecule has 2 N–H and O–H groups in total. The molecule has 0 bridgehead atoms. The minimum Gasteiger partial charge on any atom is -0.398 e. The number of anilines is 1. The maximum atomic E-state index is 12.5. The summed E-state index contributed by atoms with van der Waals surface area (Å²) in [6.07, 6.45) is 0. The molecule has 0 aliphatic heterocycles. The van der Waals surface area contributed by atoms with Crippen molar-refractivity contribution in [3.63, 3.8) is 0 Å². The average molecular weight is 329 g/mol. The Kier molecular flexibility index (Phi) is 6.31. The van der Waals surface area contributed by atoms with Crippen molar-refractivity contribution in [1.82, 2.24) is 4.90 Å². The van der Waals surface area contributed by atoms with E-state index in [9.17, 15) is 4.79 Å². The van der Waals surface area contributed by atoms with Crippen LogP contribution in [0.4, 0.5) is 5.69 Å². The number of nitrogens with two attached hydrogens (primary N) is 1. The van der Waals surface area contributed by atoms with Gasteiger partial charge in [-0.05, 0) is 24.1 Å². The first-order chi connectivity index (χ1) is 8.95. The van der Waals surface area contributed by atoms with Crippen LogP contribution in [0, 0.1) is 5.92 Å². The largest absolute Gasteiger partial charge is 0.398 e. The molecule has 0 fully saturated rings. The van der Waals surface area contributed by atoms with Gasteiger partial charge >= 0.3 is 0 Å². The summed E-state index contributed by atoms with van der Waals surface area (Å²) in [6, 6.07) is 5.33. The monoisotopic (exact) mass is 328 g/mol. The molecule has 0 aliphatic rings. The molecule has 0 aromatic heterocycles. The van der Waals surface area contributed by atoms with Crippen molar-refractivity contribution >= 4 is 27.5 Å². The van der Waals surface area contributed by atoms with Gasteiger partial charge in [0.2, 0.25) is 0 Å². The number of benzene rings is 1. The highest BCUT2D eigenvalue weighted by Crippen LogP contribution is 2.20. The minimum atomic E-state index is -0.0513. The van der Waals surface area contributed by atoms with Crippen LogP contribution < -0.4 is 5.73 Å². The fourth-order valence-electron chi connectivity index (χ4n) is 1.80. The van der Waals surface area contributed by atoms with Crippen LogP contribution >= 0.6 is 15.9 Å². The number of carbonyl (C=O) groups excluding carboxylic acids is 1. The van der Waals surface area contributed by atoms with Crippen molar-refractivity contribution in [2.75, 3.05) is 32.5 Å². The third kappa shape index (κ3) is 4.84. The number of halogens is 1. The van der Waals surface area contributed by atoms with Crippen LogP contribution in [0.5, 0.6) is 0 Å². The van der Waals surface area contributed by atoms with Gasteiger partial charge in [0, 0.05) is 30.4 Å². The van der Waals surface area contributed by atoms with Gasteiger partial charge in [-0.15, -0.1) is 0 Å². The summed E-state index contributed by atoms with van der Waals surface area (Å²) < 4.78 is 5.91. The minimum absolute atomic E-state index is 0.0513. The van der Waals surface area contributed by atoms with Crippen LogP contribution in [0.25, 0.3) is 0 Å². The molecule has 1 aromatic carbocycles. The fourth-order valence-corrected chi connectivity index (χ4v) is 2.16. The Morgan fingerprint density at radius 2 is 2.16 bits per heavy atom. The molecule has 0 unspecified atom stereocenters. The van der Waals surface area contributed by atoms with E-state index in [1.807, 2.05) is 6.07 Å². The Balaban J connectivity index is 2.93. The number of carbonyl (C=O) groups is 1. The highest BCUT2D eigenvalue weighted by molar-refractivity contribution is 9.10. The second-order valence-electron chi connectivity index (χ2n) is 4.87. The third-order valence-electron chi connectivity index (χ3n) is 2.68. The Labute approximate surface area is 123 Å². The van der Waals surface area contributed by atoms with E-state index in [0.29, 0.717) is 36.9 Å². The zero-order valence-corrected chi connectivity index (χ0v) is 13.2. The zero-order chi connectivity index (χ0) is 14.4. The molecule has 5 heteroatoms. The van der Waals surface area contributed by atoms with Gasteiger partial charge in [-0.1, -0.05) is 29.8 Å². The summed E-state index contributed by atoms with van der Waals surface area (Å²) in [7, 11) is 1.63. The van der Waals surface area contributed by atoms with Crippen LogP contribution in [0.3, 0.4) is 0 Å². The number of nitrogens with zero attached hydrogens (tertiary/aromatic N) is 1. The van der Waals surface area contributed by atoms with Crippen molar-refractivity contribution in [3.8, 4) is 0 Å². The molecule has 0 saturated carbocycles. The van der Waals surface area contributed by atoms with Crippen molar-refractivity contribution < 1.29 is 9.53 Å². The molecule has 0 radical (unpaired) electrons. The topological polar surface area (TPSA) is 55.6 Å². The maximum Gasteiger partial charge on any atom is 0.256 e. The van der Waals surface area contributed by atoms with Gasteiger partial charge in [0.15, 0.2) is 0 Å². The van der Waals surface area contributed by atoms with E-state index in [0.717, 1.165) is 4.47 Å². The lowest BCUT2D eigenvalue weighted by Crippen LogP contribution is -2.37. The number of hydrogen-bond acceptors (Lipinski definition) is 3. The fraction of sp³-hybridized carbons (Fsp3) is 0.500. The third-order valence-corrected chi connectivity index (χ3v) is 3.18. The van der Waals surface area contributed by atoms with E-state index >= 15 is 0 Å². The van der Waals surface area contributed by atoms with E-state index in [4.69, 9.17) is 10.5 Å². The molecule has 1 aromatic rings. The Morgan fingerprint density at radius 3 is 2.74 bits per heavy atom. The van der Waals surface area contributed by atoms with Gasteiger partial charge < -0.3 is 15.4 Å². The zero-order valence-electron chi connectivity index (χ0n) is 11.6. The molecular formula is C14H21BrN2O2. The lowest BCUT2D eigenvalue weighted by Gasteiger charge is -2.25. The van der Waals surface area contributed by atoms with Crippen LogP contribution in [0.2, 0.25) is 0 Å². The van der Waals surface area contributed by atoms with Crippen LogP contribution in [0.1, 0.15) is 24.2 Å². The molecule has 0 heterocycles. The van der Waals surface area contributed by atoms with E-state index < -0.39 is 0 Å². The summed E-state index contributed by atoms with van der Waals surface area (Å²) in [5, 5.41) is 0. The molecular weight excluding hydrogens is 308 g/mol. The van der Waals surface area contributed by atoms with Crippen molar-refractivity contribution in [3.05, 3.63) is 28.2 Å². The van der Waals surface area contributed by atoms with E-state index in [-0.39, 0.29) is 5.91 Å². The number of rotatable bonds is 6. The van der Waals surface area contributed by atoms with Gasteiger partial charge in [-0.2, -0.15) is 0 Å². The summed E-state index contributed by atoms with van der Waals surface area (Å²) in [4.78, 5) is 14.3. The Bertz CT molecular complexity index is 435. The second-order valence-corrected chi connectivity index (χ2v) is 5.79. The molecule has 0 saturated heterocycles. The lowest BCUT2D eigenvalue weighted by atomic mass is 10.1.